The Morgan fingerprint density at radius 1 is 1.41 bits per heavy atom. The molecule has 2 rings (SSSR count). The highest BCUT2D eigenvalue weighted by atomic mass is 32.1. The minimum atomic E-state index is 0.649. The minimum absolute atomic E-state index is 0.649. The van der Waals surface area contributed by atoms with Crippen LogP contribution >= 0.6 is 11.3 Å². The van der Waals surface area contributed by atoms with Crippen LogP contribution in [0.2, 0.25) is 0 Å². The number of aryl methyl sites for hydroxylation is 3. The fourth-order valence-electron chi connectivity index (χ4n) is 1.61. The van der Waals surface area contributed by atoms with E-state index in [0.29, 0.717) is 11.5 Å². The molecule has 2 aromatic heterocycles. The van der Waals surface area contributed by atoms with E-state index in [0.717, 1.165) is 22.8 Å². The molecule has 4 nitrogen and oxygen atoms in total. The standard InChI is InChI=1S/C12H16N4S/c1-4-10-8(3)17-12(15-10)16-11-9(13)5-7(2)6-14-11/h5-6H,4,13H2,1-3H3,(H,14,15,16). The van der Waals surface area contributed by atoms with Crippen LogP contribution in [0, 0.1) is 13.8 Å². The Morgan fingerprint density at radius 3 is 2.76 bits per heavy atom. The van der Waals surface area contributed by atoms with Crippen LogP contribution in [0.3, 0.4) is 0 Å². The number of hydrogen-bond donors (Lipinski definition) is 2. The SMILES string of the molecule is CCc1nc(Nc2ncc(C)cc2N)sc1C. The predicted octanol–water partition coefficient (Wildman–Crippen LogP) is 3.04. The van der Waals surface area contributed by atoms with Gasteiger partial charge in [0.05, 0.1) is 11.4 Å². The lowest BCUT2D eigenvalue weighted by Crippen LogP contribution is -1.99. The number of anilines is 3. The van der Waals surface area contributed by atoms with Crippen LogP contribution in [-0.4, -0.2) is 9.97 Å². The second-order valence-corrected chi connectivity index (χ2v) is 5.15. The number of nitrogen functional groups attached to an aromatic ring is 1. The Labute approximate surface area is 105 Å². The molecular weight excluding hydrogens is 232 g/mol. The molecule has 0 unspecified atom stereocenters. The van der Waals surface area contributed by atoms with Crippen molar-refractivity contribution in [1.82, 2.24) is 9.97 Å². The van der Waals surface area contributed by atoms with E-state index in [1.54, 1.807) is 17.5 Å². The second kappa shape index (κ2) is 4.71. The number of thiazole rings is 1. The molecule has 17 heavy (non-hydrogen) atoms. The highest BCUT2D eigenvalue weighted by molar-refractivity contribution is 7.15. The maximum Gasteiger partial charge on any atom is 0.188 e. The summed E-state index contributed by atoms with van der Waals surface area (Å²) in [5.74, 6) is 0.673. The van der Waals surface area contributed by atoms with Gasteiger partial charge in [-0.3, -0.25) is 0 Å². The Kier molecular flexibility index (Phi) is 3.28. The third kappa shape index (κ3) is 2.55. The summed E-state index contributed by atoms with van der Waals surface area (Å²) in [6.45, 7) is 6.15. The van der Waals surface area contributed by atoms with Crippen LogP contribution in [0.25, 0.3) is 0 Å². The van der Waals surface area contributed by atoms with E-state index < -0.39 is 0 Å². The monoisotopic (exact) mass is 248 g/mol. The van der Waals surface area contributed by atoms with Gasteiger partial charge >= 0.3 is 0 Å². The van der Waals surface area contributed by atoms with E-state index in [4.69, 9.17) is 5.73 Å². The van der Waals surface area contributed by atoms with Crippen LogP contribution in [0.1, 0.15) is 23.1 Å². The van der Waals surface area contributed by atoms with Crippen molar-refractivity contribution in [3.8, 4) is 0 Å². The van der Waals surface area contributed by atoms with E-state index in [1.807, 2.05) is 13.0 Å². The minimum Gasteiger partial charge on any atom is -0.396 e. The highest BCUT2D eigenvalue weighted by Gasteiger charge is 2.08. The summed E-state index contributed by atoms with van der Waals surface area (Å²) in [4.78, 5) is 10.0. The van der Waals surface area contributed by atoms with E-state index in [-0.39, 0.29) is 0 Å². The van der Waals surface area contributed by atoms with E-state index in [1.165, 1.54) is 4.88 Å². The van der Waals surface area contributed by atoms with Crippen LogP contribution in [0.4, 0.5) is 16.6 Å². The Balaban J connectivity index is 2.25. The van der Waals surface area contributed by atoms with Gasteiger partial charge in [0.15, 0.2) is 10.9 Å². The first-order valence-electron chi connectivity index (χ1n) is 5.55. The number of hydrogen-bond acceptors (Lipinski definition) is 5. The van der Waals surface area contributed by atoms with Gasteiger partial charge in [0.25, 0.3) is 0 Å². The van der Waals surface area contributed by atoms with Crippen molar-refractivity contribution in [3.63, 3.8) is 0 Å². The molecule has 0 bridgehead atoms. The van der Waals surface area contributed by atoms with Gasteiger partial charge in [0.1, 0.15) is 0 Å². The molecule has 2 heterocycles. The van der Waals surface area contributed by atoms with Gasteiger partial charge in [-0.2, -0.15) is 0 Å². The maximum atomic E-state index is 5.90. The van der Waals surface area contributed by atoms with E-state index >= 15 is 0 Å². The van der Waals surface area contributed by atoms with Gasteiger partial charge in [-0.1, -0.05) is 6.92 Å². The van der Waals surface area contributed by atoms with Crippen molar-refractivity contribution in [1.29, 1.82) is 0 Å². The molecule has 5 heteroatoms. The molecule has 3 N–H and O–H groups in total. The molecule has 0 fully saturated rings. The van der Waals surface area contributed by atoms with Gasteiger partial charge in [0, 0.05) is 11.1 Å². The molecule has 0 aliphatic heterocycles. The van der Waals surface area contributed by atoms with Crippen LogP contribution in [0.5, 0.6) is 0 Å². The maximum absolute atomic E-state index is 5.90. The first-order valence-corrected chi connectivity index (χ1v) is 6.37. The summed E-state index contributed by atoms with van der Waals surface area (Å²) in [5.41, 5.74) is 8.73. The average molecular weight is 248 g/mol. The van der Waals surface area contributed by atoms with Gasteiger partial charge in [-0.15, -0.1) is 11.3 Å². The topological polar surface area (TPSA) is 63.8 Å². The molecule has 0 aliphatic carbocycles. The zero-order valence-corrected chi connectivity index (χ0v) is 11.1. The van der Waals surface area contributed by atoms with Crippen LogP contribution < -0.4 is 11.1 Å². The van der Waals surface area contributed by atoms with Gasteiger partial charge in [-0.25, -0.2) is 9.97 Å². The third-order valence-corrected chi connectivity index (χ3v) is 3.44. The number of nitrogens with zero attached hydrogens (tertiary/aromatic N) is 2. The van der Waals surface area contributed by atoms with Crippen molar-refractivity contribution < 1.29 is 0 Å². The fraction of sp³-hybridized carbons (Fsp3) is 0.333. The number of rotatable bonds is 3. The lowest BCUT2D eigenvalue weighted by molar-refractivity contribution is 1.04. The summed E-state index contributed by atoms with van der Waals surface area (Å²) in [6.07, 6.45) is 2.74. The number of nitrogens with one attached hydrogen (secondary N) is 1. The molecule has 0 saturated carbocycles. The number of aromatic nitrogens is 2. The van der Waals surface area contributed by atoms with Gasteiger partial charge in [0.2, 0.25) is 0 Å². The Bertz CT molecular complexity index is 533. The molecular formula is C12H16N4S. The summed E-state index contributed by atoms with van der Waals surface area (Å²) in [7, 11) is 0. The molecule has 0 aliphatic rings. The lowest BCUT2D eigenvalue weighted by Gasteiger charge is -2.05. The summed E-state index contributed by atoms with van der Waals surface area (Å²) in [5, 5.41) is 4.02. The Hall–Kier alpha value is -1.62. The fourth-order valence-corrected chi connectivity index (χ4v) is 2.51. The molecule has 0 spiro atoms. The first kappa shape index (κ1) is 11.9. The molecule has 2 aromatic rings. The lowest BCUT2D eigenvalue weighted by atomic mass is 10.3. The van der Waals surface area contributed by atoms with Crippen molar-refractivity contribution in [3.05, 3.63) is 28.4 Å². The average Bonchev–Trinajstić information content (AvgIpc) is 2.63. The summed E-state index contributed by atoms with van der Waals surface area (Å²) >= 11 is 1.63. The van der Waals surface area contributed by atoms with E-state index in [2.05, 4.69) is 29.1 Å². The van der Waals surface area contributed by atoms with Crippen LogP contribution in [-0.2, 0) is 6.42 Å². The highest BCUT2D eigenvalue weighted by Crippen LogP contribution is 2.27. The molecule has 0 amide bonds. The molecule has 0 atom stereocenters. The molecule has 0 saturated heterocycles. The van der Waals surface area contributed by atoms with Crippen molar-refractivity contribution in [2.24, 2.45) is 0 Å². The smallest absolute Gasteiger partial charge is 0.188 e. The Morgan fingerprint density at radius 2 is 2.18 bits per heavy atom. The predicted molar refractivity (Wildman–Crippen MR) is 72.9 cm³/mol. The largest absolute Gasteiger partial charge is 0.396 e. The van der Waals surface area contributed by atoms with Gasteiger partial charge in [-0.05, 0) is 31.9 Å². The third-order valence-electron chi connectivity index (χ3n) is 2.51. The van der Waals surface area contributed by atoms with Crippen molar-refractivity contribution in [2.75, 3.05) is 11.1 Å². The summed E-state index contributed by atoms with van der Waals surface area (Å²) < 4.78 is 0. The van der Waals surface area contributed by atoms with Crippen LogP contribution in [0.15, 0.2) is 12.3 Å². The number of nitrogens with two attached hydrogens (primary N) is 1. The van der Waals surface area contributed by atoms with E-state index in [9.17, 15) is 0 Å². The quantitative estimate of drug-likeness (QED) is 0.876. The number of pyridine rings is 1. The van der Waals surface area contributed by atoms with Gasteiger partial charge < -0.3 is 11.1 Å². The zero-order chi connectivity index (χ0) is 12.4. The van der Waals surface area contributed by atoms with Crippen molar-refractivity contribution >= 4 is 28.0 Å². The normalized spacial score (nSPS) is 10.5. The second-order valence-electron chi connectivity index (χ2n) is 3.95. The van der Waals surface area contributed by atoms with Crippen molar-refractivity contribution in [2.45, 2.75) is 27.2 Å². The summed E-state index contributed by atoms with van der Waals surface area (Å²) in [6, 6.07) is 1.90. The molecule has 0 aromatic carbocycles. The zero-order valence-electron chi connectivity index (χ0n) is 10.2. The molecule has 0 radical (unpaired) electrons. The molecule has 90 valence electrons. The first-order chi connectivity index (χ1) is 8.10.